The molecule has 0 aliphatic carbocycles. The first kappa shape index (κ1) is 12.9. The summed E-state index contributed by atoms with van der Waals surface area (Å²) in [5.74, 6) is 1.80. The van der Waals surface area contributed by atoms with Gasteiger partial charge in [0.1, 0.15) is 5.75 Å². The van der Waals surface area contributed by atoms with Crippen LogP contribution in [-0.4, -0.2) is 19.7 Å². The third kappa shape index (κ3) is 4.00. The molecule has 1 heterocycles. The highest BCUT2D eigenvalue weighted by molar-refractivity contribution is 9.10. The van der Waals surface area contributed by atoms with Crippen LogP contribution in [0.25, 0.3) is 0 Å². The molecule has 94 valence electrons. The van der Waals surface area contributed by atoms with Crippen molar-refractivity contribution in [3.8, 4) is 5.75 Å². The Bertz CT molecular complexity index is 361. The Morgan fingerprint density at radius 2 is 2.35 bits per heavy atom. The van der Waals surface area contributed by atoms with Crippen molar-refractivity contribution in [3.05, 3.63) is 28.2 Å². The van der Waals surface area contributed by atoms with E-state index in [1.54, 1.807) is 0 Å². The molecule has 1 atom stereocenters. The van der Waals surface area contributed by atoms with Gasteiger partial charge in [0.15, 0.2) is 0 Å². The first-order valence-electron chi connectivity index (χ1n) is 6.35. The molecule has 1 N–H and O–H groups in total. The van der Waals surface area contributed by atoms with Crippen LogP contribution in [-0.2, 0) is 0 Å². The lowest BCUT2D eigenvalue weighted by molar-refractivity contribution is 0.253. The van der Waals surface area contributed by atoms with E-state index < -0.39 is 0 Å². The van der Waals surface area contributed by atoms with Crippen molar-refractivity contribution in [1.82, 2.24) is 5.32 Å². The largest absolute Gasteiger partial charge is 0.493 e. The molecule has 1 unspecified atom stereocenters. The molecule has 0 radical (unpaired) electrons. The molecule has 1 saturated heterocycles. The maximum Gasteiger partial charge on any atom is 0.122 e. The molecular weight excluding hydrogens is 278 g/mol. The van der Waals surface area contributed by atoms with Crippen LogP contribution in [0.2, 0.25) is 0 Å². The smallest absolute Gasteiger partial charge is 0.122 e. The Labute approximate surface area is 112 Å². The SMILES string of the molecule is Cc1cc(Br)ccc1OCCC1CCCNC1. The zero-order chi connectivity index (χ0) is 12.1. The van der Waals surface area contributed by atoms with E-state index in [-0.39, 0.29) is 0 Å². The predicted octanol–water partition coefficient (Wildman–Crippen LogP) is 3.53. The highest BCUT2D eigenvalue weighted by atomic mass is 79.9. The third-order valence-electron chi connectivity index (χ3n) is 3.32. The van der Waals surface area contributed by atoms with Crippen molar-refractivity contribution < 1.29 is 4.74 Å². The molecule has 2 rings (SSSR count). The molecule has 0 bridgehead atoms. The van der Waals surface area contributed by atoms with E-state index in [9.17, 15) is 0 Å². The van der Waals surface area contributed by atoms with Crippen LogP contribution >= 0.6 is 15.9 Å². The van der Waals surface area contributed by atoms with E-state index in [2.05, 4.69) is 34.2 Å². The zero-order valence-electron chi connectivity index (χ0n) is 10.3. The molecule has 3 heteroatoms. The number of rotatable bonds is 4. The van der Waals surface area contributed by atoms with Crippen LogP contribution in [0.15, 0.2) is 22.7 Å². The molecule has 0 spiro atoms. The minimum absolute atomic E-state index is 0.791. The second-order valence-corrected chi connectivity index (χ2v) is 5.68. The molecule has 0 amide bonds. The summed E-state index contributed by atoms with van der Waals surface area (Å²) in [7, 11) is 0. The number of halogens is 1. The Balaban J connectivity index is 1.77. The van der Waals surface area contributed by atoms with Crippen molar-refractivity contribution in [2.75, 3.05) is 19.7 Å². The molecule has 2 nitrogen and oxygen atoms in total. The van der Waals surface area contributed by atoms with Crippen molar-refractivity contribution in [3.63, 3.8) is 0 Å². The van der Waals surface area contributed by atoms with Gasteiger partial charge >= 0.3 is 0 Å². The van der Waals surface area contributed by atoms with Crippen LogP contribution in [0.5, 0.6) is 5.75 Å². The van der Waals surface area contributed by atoms with Gasteiger partial charge in [-0.1, -0.05) is 15.9 Å². The fourth-order valence-corrected chi connectivity index (χ4v) is 2.76. The lowest BCUT2D eigenvalue weighted by Gasteiger charge is -2.22. The lowest BCUT2D eigenvalue weighted by atomic mass is 9.97. The van der Waals surface area contributed by atoms with Crippen LogP contribution in [0.4, 0.5) is 0 Å². The van der Waals surface area contributed by atoms with Crippen molar-refractivity contribution >= 4 is 15.9 Å². The number of nitrogens with one attached hydrogen (secondary N) is 1. The fraction of sp³-hybridized carbons (Fsp3) is 0.571. The molecule has 1 aliphatic heterocycles. The molecule has 17 heavy (non-hydrogen) atoms. The maximum atomic E-state index is 5.85. The molecule has 1 fully saturated rings. The highest BCUT2D eigenvalue weighted by Crippen LogP contribution is 2.23. The summed E-state index contributed by atoms with van der Waals surface area (Å²) >= 11 is 3.46. The van der Waals surface area contributed by atoms with Gasteiger partial charge in [0, 0.05) is 4.47 Å². The number of piperidine rings is 1. The topological polar surface area (TPSA) is 21.3 Å². The van der Waals surface area contributed by atoms with E-state index >= 15 is 0 Å². The Morgan fingerprint density at radius 1 is 1.47 bits per heavy atom. The summed E-state index contributed by atoms with van der Waals surface area (Å²) in [6, 6.07) is 6.17. The minimum atomic E-state index is 0.791. The lowest BCUT2D eigenvalue weighted by Crippen LogP contribution is -2.30. The van der Waals surface area contributed by atoms with Gasteiger partial charge < -0.3 is 10.1 Å². The van der Waals surface area contributed by atoms with Crippen molar-refractivity contribution in [2.24, 2.45) is 5.92 Å². The Hall–Kier alpha value is -0.540. The predicted molar refractivity (Wildman–Crippen MR) is 74.6 cm³/mol. The minimum Gasteiger partial charge on any atom is -0.493 e. The maximum absolute atomic E-state index is 5.85. The Morgan fingerprint density at radius 3 is 3.06 bits per heavy atom. The van der Waals surface area contributed by atoms with Crippen molar-refractivity contribution in [1.29, 1.82) is 0 Å². The standard InChI is InChI=1S/C14H20BrNO/c1-11-9-13(15)4-5-14(11)17-8-6-12-3-2-7-16-10-12/h4-5,9,12,16H,2-3,6-8,10H2,1H3. The van der Waals surface area contributed by atoms with Gasteiger partial charge in [-0.05, 0) is 69.0 Å². The highest BCUT2D eigenvalue weighted by Gasteiger charge is 2.12. The fourth-order valence-electron chi connectivity index (χ4n) is 2.28. The normalized spacial score (nSPS) is 20.2. The summed E-state index contributed by atoms with van der Waals surface area (Å²) in [6.07, 6.45) is 3.81. The van der Waals surface area contributed by atoms with E-state index in [4.69, 9.17) is 4.74 Å². The molecule has 1 aliphatic rings. The number of hydrogen-bond acceptors (Lipinski definition) is 2. The van der Waals surface area contributed by atoms with Gasteiger partial charge in [-0.2, -0.15) is 0 Å². The summed E-state index contributed by atoms with van der Waals surface area (Å²) in [4.78, 5) is 0. The number of ether oxygens (including phenoxy) is 1. The molecule has 1 aromatic carbocycles. The second kappa shape index (κ2) is 6.41. The van der Waals surface area contributed by atoms with Gasteiger partial charge in [-0.15, -0.1) is 0 Å². The van der Waals surface area contributed by atoms with E-state index in [0.717, 1.165) is 35.7 Å². The molecule has 1 aromatic rings. The van der Waals surface area contributed by atoms with Crippen molar-refractivity contribution in [2.45, 2.75) is 26.2 Å². The van der Waals surface area contributed by atoms with Gasteiger partial charge in [0.2, 0.25) is 0 Å². The number of hydrogen-bond donors (Lipinski definition) is 1. The van der Waals surface area contributed by atoms with E-state index in [0.29, 0.717) is 0 Å². The summed E-state index contributed by atoms with van der Waals surface area (Å²) in [6.45, 7) is 5.25. The molecule has 0 saturated carbocycles. The summed E-state index contributed by atoms with van der Waals surface area (Å²) < 4.78 is 6.96. The average Bonchev–Trinajstić information content (AvgIpc) is 2.33. The number of benzene rings is 1. The van der Waals surface area contributed by atoms with Crippen LogP contribution in [0.3, 0.4) is 0 Å². The van der Waals surface area contributed by atoms with E-state index in [1.165, 1.54) is 24.9 Å². The second-order valence-electron chi connectivity index (χ2n) is 4.76. The number of aryl methyl sites for hydroxylation is 1. The van der Waals surface area contributed by atoms with Crippen LogP contribution < -0.4 is 10.1 Å². The van der Waals surface area contributed by atoms with Gasteiger partial charge in [0.25, 0.3) is 0 Å². The average molecular weight is 298 g/mol. The van der Waals surface area contributed by atoms with Crippen LogP contribution in [0, 0.1) is 12.8 Å². The first-order chi connectivity index (χ1) is 8.25. The summed E-state index contributed by atoms with van der Waals surface area (Å²) in [5.41, 5.74) is 1.20. The summed E-state index contributed by atoms with van der Waals surface area (Å²) in [5, 5.41) is 3.44. The van der Waals surface area contributed by atoms with Gasteiger partial charge in [-0.3, -0.25) is 0 Å². The van der Waals surface area contributed by atoms with Crippen LogP contribution in [0.1, 0.15) is 24.8 Å². The monoisotopic (exact) mass is 297 g/mol. The van der Waals surface area contributed by atoms with E-state index in [1.807, 2.05) is 12.1 Å². The quantitative estimate of drug-likeness (QED) is 0.918. The van der Waals surface area contributed by atoms with Gasteiger partial charge in [-0.25, -0.2) is 0 Å². The van der Waals surface area contributed by atoms with Gasteiger partial charge in [0.05, 0.1) is 6.61 Å². The first-order valence-corrected chi connectivity index (χ1v) is 7.14. The zero-order valence-corrected chi connectivity index (χ0v) is 11.9. The third-order valence-corrected chi connectivity index (χ3v) is 3.81. The Kier molecular flexibility index (Phi) is 4.86. The molecular formula is C14H20BrNO. The molecule has 0 aromatic heterocycles.